The van der Waals surface area contributed by atoms with E-state index in [4.69, 9.17) is 4.74 Å². The highest BCUT2D eigenvalue weighted by molar-refractivity contribution is 7.90. The Labute approximate surface area is 206 Å². The molecule has 0 saturated heterocycles. The van der Waals surface area contributed by atoms with Gasteiger partial charge in [0.1, 0.15) is 11.8 Å². The van der Waals surface area contributed by atoms with Gasteiger partial charge in [-0.25, -0.2) is 8.42 Å². The second-order valence-electron chi connectivity index (χ2n) is 8.89. The lowest BCUT2D eigenvalue weighted by Crippen LogP contribution is -2.35. The molecule has 0 radical (unpaired) electrons. The minimum atomic E-state index is -3.56. The van der Waals surface area contributed by atoms with Crippen molar-refractivity contribution < 1.29 is 17.9 Å². The lowest BCUT2D eigenvalue weighted by atomic mass is 10.1. The Hall–Kier alpha value is -3.64. The van der Waals surface area contributed by atoms with Crippen LogP contribution in [0.25, 0.3) is 0 Å². The maximum atomic E-state index is 13.4. The molecule has 1 aromatic heterocycles. The van der Waals surface area contributed by atoms with Gasteiger partial charge in [0, 0.05) is 12.8 Å². The summed E-state index contributed by atoms with van der Waals surface area (Å²) in [5.41, 5.74) is 2.89. The first-order valence-corrected chi connectivity index (χ1v) is 13.2. The number of para-hydroxylation sites is 1. The van der Waals surface area contributed by atoms with Crippen molar-refractivity contribution in [2.24, 2.45) is 5.92 Å². The molecule has 1 heterocycles. The molecular weight excluding hydrogens is 464 g/mol. The predicted molar refractivity (Wildman–Crippen MR) is 134 cm³/mol. The van der Waals surface area contributed by atoms with Crippen molar-refractivity contribution in [2.75, 3.05) is 17.8 Å². The summed E-state index contributed by atoms with van der Waals surface area (Å²) in [5.74, 6) is 0.664. The summed E-state index contributed by atoms with van der Waals surface area (Å²) in [4.78, 5) is 15.0. The van der Waals surface area contributed by atoms with E-state index in [0.717, 1.165) is 11.9 Å². The number of carbonyl (C=O) groups is 1. The summed E-state index contributed by atoms with van der Waals surface area (Å²) in [6.07, 6.45) is 1.06. The molecule has 2 aromatic carbocycles. The van der Waals surface area contributed by atoms with Crippen LogP contribution in [0.5, 0.6) is 5.75 Å². The Bertz CT molecular complexity index is 1360. The Kier molecular flexibility index (Phi) is 7.97. The van der Waals surface area contributed by atoms with Gasteiger partial charge < -0.3 is 9.64 Å². The summed E-state index contributed by atoms with van der Waals surface area (Å²) in [7, 11) is -3.56. The molecule has 0 aliphatic carbocycles. The Morgan fingerprint density at radius 3 is 2.46 bits per heavy atom. The number of nitriles is 1. The van der Waals surface area contributed by atoms with Crippen molar-refractivity contribution in [2.45, 2.75) is 45.7 Å². The molecular formula is C26H30N4O4S. The third kappa shape index (κ3) is 6.28. The van der Waals surface area contributed by atoms with Crippen molar-refractivity contribution in [3.05, 3.63) is 71.0 Å². The van der Waals surface area contributed by atoms with Crippen molar-refractivity contribution in [1.82, 2.24) is 9.78 Å². The number of carbonyl (C=O) groups excluding carboxylic acids is 1. The molecule has 3 aromatic rings. The Morgan fingerprint density at radius 2 is 1.86 bits per heavy atom. The number of anilines is 1. The molecule has 0 fully saturated rings. The number of hydrogen-bond donors (Lipinski definition) is 0. The Balaban J connectivity index is 2.00. The second-order valence-corrected chi connectivity index (χ2v) is 10.9. The molecule has 184 valence electrons. The molecule has 0 atom stereocenters. The van der Waals surface area contributed by atoms with E-state index < -0.39 is 9.84 Å². The van der Waals surface area contributed by atoms with E-state index in [9.17, 15) is 18.5 Å². The smallest absolute Gasteiger partial charge is 0.265 e. The van der Waals surface area contributed by atoms with Gasteiger partial charge in [0.2, 0.25) is 0 Å². The maximum absolute atomic E-state index is 13.4. The summed E-state index contributed by atoms with van der Waals surface area (Å²) in [6, 6.07) is 15.6. The summed E-state index contributed by atoms with van der Waals surface area (Å²) in [5, 5.41) is 14.2. The van der Waals surface area contributed by atoms with E-state index in [1.165, 1.54) is 12.1 Å². The summed E-state index contributed by atoms with van der Waals surface area (Å²) < 4.78 is 31.7. The third-order valence-electron chi connectivity index (χ3n) is 5.46. The van der Waals surface area contributed by atoms with Gasteiger partial charge >= 0.3 is 0 Å². The molecule has 0 saturated carbocycles. The van der Waals surface area contributed by atoms with Gasteiger partial charge in [-0.1, -0.05) is 38.1 Å². The Morgan fingerprint density at radius 1 is 1.17 bits per heavy atom. The van der Waals surface area contributed by atoms with Crippen LogP contribution in [0.1, 0.15) is 36.4 Å². The van der Waals surface area contributed by atoms with Gasteiger partial charge in [-0.15, -0.1) is 0 Å². The average Bonchev–Trinajstić information content (AvgIpc) is 3.07. The molecule has 0 bridgehead atoms. The van der Waals surface area contributed by atoms with Gasteiger partial charge in [0.05, 0.1) is 34.1 Å². The van der Waals surface area contributed by atoms with Crippen LogP contribution in [0.2, 0.25) is 0 Å². The molecule has 9 heteroatoms. The quantitative estimate of drug-likeness (QED) is 0.444. The molecule has 0 spiro atoms. The standard InChI is InChI=1S/C26H30N4O4S/c1-18(2)15-30-20(4)26(19(3)28-30)29(25(31)17-34-23-9-7-6-8-10-23)16-21-11-12-24(35(5,32)33)22(13-21)14-27/h6-13,18H,15-17H2,1-5H3. The molecule has 35 heavy (non-hydrogen) atoms. The van der Waals surface area contributed by atoms with E-state index in [1.54, 1.807) is 23.1 Å². The van der Waals surface area contributed by atoms with Crippen LogP contribution in [0.15, 0.2) is 53.4 Å². The number of rotatable bonds is 9. The van der Waals surface area contributed by atoms with E-state index in [0.29, 0.717) is 35.2 Å². The molecule has 0 N–H and O–H groups in total. The SMILES string of the molecule is Cc1nn(CC(C)C)c(C)c1N(Cc1ccc(S(C)(=O)=O)c(C#N)c1)C(=O)COc1ccccc1. The van der Waals surface area contributed by atoms with Crippen LogP contribution < -0.4 is 9.64 Å². The van der Waals surface area contributed by atoms with Crippen LogP contribution in [-0.4, -0.2) is 37.0 Å². The number of hydrogen-bond acceptors (Lipinski definition) is 6. The molecule has 0 aliphatic rings. The van der Waals surface area contributed by atoms with Gasteiger partial charge in [0.15, 0.2) is 16.4 Å². The third-order valence-corrected chi connectivity index (χ3v) is 6.62. The van der Waals surface area contributed by atoms with Gasteiger partial charge in [-0.2, -0.15) is 10.4 Å². The zero-order chi connectivity index (χ0) is 25.8. The lowest BCUT2D eigenvalue weighted by molar-refractivity contribution is -0.120. The zero-order valence-electron chi connectivity index (χ0n) is 20.6. The van der Waals surface area contributed by atoms with Crippen LogP contribution in [0.3, 0.4) is 0 Å². The number of amides is 1. The topological polar surface area (TPSA) is 105 Å². The minimum Gasteiger partial charge on any atom is -0.484 e. The highest BCUT2D eigenvalue weighted by Gasteiger charge is 2.25. The number of benzene rings is 2. The molecule has 1 amide bonds. The first-order chi connectivity index (χ1) is 16.5. The molecule has 0 unspecified atom stereocenters. The zero-order valence-corrected chi connectivity index (χ0v) is 21.5. The van der Waals surface area contributed by atoms with Crippen LogP contribution >= 0.6 is 0 Å². The molecule has 0 aliphatic heterocycles. The number of aromatic nitrogens is 2. The number of nitrogens with zero attached hydrogens (tertiary/aromatic N) is 4. The number of ether oxygens (including phenoxy) is 1. The van der Waals surface area contributed by atoms with Crippen molar-refractivity contribution in [1.29, 1.82) is 5.26 Å². The molecule has 8 nitrogen and oxygen atoms in total. The van der Waals surface area contributed by atoms with Crippen molar-refractivity contribution in [3.63, 3.8) is 0 Å². The van der Waals surface area contributed by atoms with Gasteiger partial charge in [-0.05, 0) is 49.6 Å². The fraction of sp³-hybridized carbons (Fsp3) is 0.346. The van der Waals surface area contributed by atoms with Gasteiger partial charge in [-0.3, -0.25) is 9.48 Å². The highest BCUT2D eigenvalue weighted by atomic mass is 32.2. The number of aryl methyl sites for hydroxylation is 1. The van der Waals surface area contributed by atoms with Crippen LogP contribution in [0.4, 0.5) is 5.69 Å². The molecule has 3 rings (SSSR count). The highest BCUT2D eigenvalue weighted by Crippen LogP contribution is 2.28. The van der Waals surface area contributed by atoms with E-state index in [-0.39, 0.29) is 29.5 Å². The normalized spacial score (nSPS) is 11.3. The van der Waals surface area contributed by atoms with Gasteiger partial charge in [0.25, 0.3) is 5.91 Å². The van der Waals surface area contributed by atoms with E-state index in [2.05, 4.69) is 18.9 Å². The number of sulfone groups is 1. The van der Waals surface area contributed by atoms with E-state index in [1.807, 2.05) is 42.8 Å². The lowest BCUT2D eigenvalue weighted by Gasteiger charge is -2.24. The maximum Gasteiger partial charge on any atom is 0.265 e. The van der Waals surface area contributed by atoms with Crippen LogP contribution in [-0.2, 0) is 27.7 Å². The monoisotopic (exact) mass is 494 g/mol. The first-order valence-electron chi connectivity index (χ1n) is 11.3. The fourth-order valence-electron chi connectivity index (χ4n) is 3.90. The largest absolute Gasteiger partial charge is 0.484 e. The minimum absolute atomic E-state index is 0.0360. The van der Waals surface area contributed by atoms with Crippen LogP contribution in [0, 0.1) is 31.1 Å². The van der Waals surface area contributed by atoms with Crippen molar-refractivity contribution >= 4 is 21.4 Å². The van der Waals surface area contributed by atoms with Crippen molar-refractivity contribution in [3.8, 4) is 11.8 Å². The second kappa shape index (κ2) is 10.7. The fourth-order valence-corrected chi connectivity index (χ4v) is 4.72. The first kappa shape index (κ1) is 26.0. The summed E-state index contributed by atoms with van der Waals surface area (Å²) in [6.45, 7) is 8.61. The predicted octanol–water partition coefficient (Wildman–Crippen LogP) is 4.04. The summed E-state index contributed by atoms with van der Waals surface area (Å²) >= 11 is 0. The van der Waals surface area contributed by atoms with E-state index >= 15 is 0 Å². The average molecular weight is 495 g/mol.